The molecule has 0 spiro atoms. The largest absolute Gasteiger partial charge is 0.381 e. The number of piperazine rings is 1. The van der Waals surface area contributed by atoms with Crippen LogP contribution in [0.5, 0.6) is 0 Å². The maximum absolute atomic E-state index is 5.66. The minimum atomic E-state index is 0.635. The predicted molar refractivity (Wildman–Crippen MR) is 83.2 cm³/mol. The lowest BCUT2D eigenvalue weighted by Crippen LogP contribution is -2.52. The van der Waals surface area contributed by atoms with Crippen LogP contribution in [0.4, 0.5) is 0 Å². The Kier molecular flexibility index (Phi) is 6.71. The maximum atomic E-state index is 5.66. The molecule has 5 nitrogen and oxygen atoms in total. The number of hydrogen-bond donors (Lipinski definition) is 1. The number of likely N-dealkylation sites (N-methyl/N-ethyl adjacent to an activating group) is 1. The van der Waals surface area contributed by atoms with E-state index in [-0.39, 0.29) is 0 Å². The van der Waals surface area contributed by atoms with Crippen molar-refractivity contribution in [3.8, 4) is 0 Å². The molecule has 0 bridgehead atoms. The number of ether oxygens (including phenoxy) is 1. The van der Waals surface area contributed by atoms with Crippen molar-refractivity contribution in [2.24, 2.45) is 5.92 Å². The van der Waals surface area contributed by atoms with Gasteiger partial charge in [-0.2, -0.15) is 0 Å². The molecule has 20 heavy (non-hydrogen) atoms. The number of hydrogen-bond acceptors (Lipinski definition) is 5. The van der Waals surface area contributed by atoms with Crippen molar-refractivity contribution < 1.29 is 4.74 Å². The van der Waals surface area contributed by atoms with Gasteiger partial charge in [-0.3, -0.25) is 4.90 Å². The van der Waals surface area contributed by atoms with E-state index in [4.69, 9.17) is 4.74 Å². The maximum Gasteiger partial charge on any atom is 0.0521 e. The first kappa shape index (κ1) is 16.2. The third-order valence-electron chi connectivity index (χ3n) is 4.67. The highest BCUT2D eigenvalue weighted by molar-refractivity contribution is 4.83. The summed E-state index contributed by atoms with van der Waals surface area (Å²) in [6.07, 6.45) is 1.16. The van der Waals surface area contributed by atoms with Gasteiger partial charge in [0.1, 0.15) is 0 Å². The molecule has 2 heterocycles. The molecule has 118 valence electrons. The van der Waals surface area contributed by atoms with Gasteiger partial charge in [-0.25, -0.2) is 0 Å². The molecule has 1 N–H and O–H groups in total. The van der Waals surface area contributed by atoms with E-state index in [1.54, 1.807) is 0 Å². The summed E-state index contributed by atoms with van der Waals surface area (Å²) in [5, 5.41) is 3.46. The van der Waals surface area contributed by atoms with Crippen molar-refractivity contribution in [2.45, 2.75) is 12.5 Å². The van der Waals surface area contributed by atoms with Gasteiger partial charge in [0.05, 0.1) is 6.61 Å². The average Bonchev–Trinajstić information content (AvgIpc) is 2.47. The lowest BCUT2D eigenvalue weighted by molar-refractivity contribution is 0.0102. The fraction of sp³-hybridized carbons (Fsp3) is 1.00. The van der Waals surface area contributed by atoms with Crippen molar-refractivity contribution in [1.82, 2.24) is 20.0 Å². The summed E-state index contributed by atoms with van der Waals surface area (Å²) in [7, 11) is 6.39. The zero-order valence-corrected chi connectivity index (χ0v) is 13.5. The summed E-state index contributed by atoms with van der Waals surface area (Å²) in [5.74, 6) is 0.655. The monoisotopic (exact) mass is 284 g/mol. The third kappa shape index (κ3) is 4.97. The molecule has 0 aromatic rings. The summed E-state index contributed by atoms with van der Waals surface area (Å²) in [6, 6.07) is 0.635. The van der Waals surface area contributed by atoms with Gasteiger partial charge in [0.25, 0.3) is 0 Å². The van der Waals surface area contributed by atoms with Crippen LogP contribution >= 0.6 is 0 Å². The molecular weight excluding hydrogens is 252 g/mol. The van der Waals surface area contributed by atoms with Crippen LogP contribution in [-0.4, -0.2) is 101 Å². The Labute approximate surface area is 124 Å². The van der Waals surface area contributed by atoms with E-state index in [1.807, 2.05) is 0 Å². The van der Waals surface area contributed by atoms with Gasteiger partial charge >= 0.3 is 0 Å². The van der Waals surface area contributed by atoms with Crippen LogP contribution in [0.1, 0.15) is 6.42 Å². The molecule has 2 fully saturated rings. The predicted octanol–water partition coefficient (Wildman–Crippen LogP) is -0.210. The Hall–Kier alpha value is -0.200. The zero-order chi connectivity index (χ0) is 14.4. The molecule has 0 saturated carbocycles. The van der Waals surface area contributed by atoms with Crippen molar-refractivity contribution in [1.29, 1.82) is 0 Å². The highest BCUT2D eigenvalue weighted by Crippen LogP contribution is 2.17. The molecule has 5 heteroatoms. The van der Waals surface area contributed by atoms with Gasteiger partial charge < -0.3 is 19.9 Å². The lowest BCUT2D eigenvalue weighted by Gasteiger charge is -2.39. The van der Waals surface area contributed by atoms with Crippen molar-refractivity contribution >= 4 is 0 Å². The van der Waals surface area contributed by atoms with Crippen LogP contribution < -0.4 is 5.32 Å². The molecule has 2 saturated heterocycles. The second-order valence-electron chi connectivity index (χ2n) is 6.46. The molecule has 2 aliphatic heterocycles. The Bertz CT molecular complexity index is 267. The first-order valence-electron chi connectivity index (χ1n) is 8.03. The van der Waals surface area contributed by atoms with Crippen molar-refractivity contribution in [3.05, 3.63) is 0 Å². The highest BCUT2D eigenvalue weighted by atomic mass is 16.5. The first-order valence-corrected chi connectivity index (χ1v) is 8.03. The fourth-order valence-corrected chi connectivity index (χ4v) is 3.23. The van der Waals surface area contributed by atoms with Gasteiger partial charge in [-0.1, -0.05) is 0 Å². The first-order chi connectivity index (χ1) is 9.69. The van der Waals surface area contributed by atoms with E-state index in [0.717, 1.165) is 26.2 Å². The Morgan fingerprint density at radius 2 is 1.85 bits per heavy atom. The molecule has 0 radical (unpaired) electrons. The SMILES string of the molecule is CNC1CCOCC1CN1CCN(CCN(C)C)CC1. The number of rotatable bonds is 6. The molecule has 2 aliphatic rings. The molecule has 2 atom stereocenters. The summed E-state index contributed by atoms with van der Waals surface area (Å²) >= 11 is 0. The zero-order valence-electron chi connectivity index (χ0n) is 13.5. The van der Waals surface area contributed by atoms with Crippen LogP contribution in [0.25, 0.3) is 0 Å². The van der Waals surface area contributed by atoms with Gasteiger partial charge in [-0.05, 0) is 27.6 Å². The van der Waals surface area contributed by atoms with E-state index in [1.165, 1.54) is 39.3 Å². The van der Waals surface area contributed by atoms with Gasteiger partial charge in [-0.15, -0.1) is 0 Å². The smallest absolute Gasteiger partial charge is 0.0521 e. The Balaban J connectivity index is 1.68. The fourth-order valence-electron chi connectivity index (χ4n) is 3.23. The Morgan fingerprint density at radius 1 is 1.15 bits per heavy atom. The summed E-state index contributed by atoms with van der Waals surface area (Å²) in [5.41, 5.74) is 0. The summed E-state index contributed by atoms with van der Waals surface area (Å²) < 4.78 is 5.66. The number of nitrogens with zero attached hydrogens (tertiary/aromatic N) is 3. The second kappa shape index (κ2) is 8.29. The van der Waals surface area contributed by atoms with Crippen LogP contribution in [0, 0.1) is 5.92 Å². The van der Waals surface area contributed by atoms with Crippen LogP contribution in [-0.2, 0) is 4.74 Å². The van der Waals surface area contributed by atoms with Gasteiger partial charge in [0.2, 0.25) is 0 Å². The van der Waals surface area contributed by atoms with E-state index in [2.05, 4.69) is 41.2 Å². The molecule has 0 aliphatic carbocycles. The minimum absolute atomic E-state index is 0.635. The molecule has 0 aromatic carbocycles. The van der Waals surface area contributed by atoms with Crippen molar-refractivity contribution in [3.63, 3.8) is 0 Å². The van der Waals surface area contributed by atoms with Crippen LogP contribution in [0.15, 0.2) is 0 Å². The number of nitrogens with one attached hydrogen (secondary N) is 1. The Morgan fingerprint density at radius 3 is 2.50 bits per heavy atom. The molecular formula is C15H32N4O. The normalized spacial score (nSPS) is 30.0. The lowest BCUT2D eigenvalue weighted by atomic mass is 9.95. The summed E-state index contributed by atoms with van der Waals surface area (Å²) in [4.78, 5) is 7.47. The molecule has 0 aromatic heterocycles. The molecule has 0 amide bonds. The van der Waals surface area contributed by atoms with E-state index < -0.39 is 0 Å². The second-order valence-corrected chi connectivity index (χ2v) is 6.46. The van der Waals surface area contributed by atoms with E-state index in [0.29, 0.717) is 12.0 Å². The van der Waals surface area contributed by atoms with Gasteiger partial charge in [0, 0.05) is 64.4 Å². The standard InChI is InChI=1S/C15H32N4O/c1-16-15-4-11-20-13-14(15)12-19-9-7-18(8-10-19)6-5-17(2)3/h14-16H,4-13H2,1-3H3. The minimum Gasteiger partial charge on any atom is -0.381 e. The topological polar surface area (TPSA) is 31.0 Å². The van der Waals surface area contributed by atoms with Crippen molar-refractivity contribution in [2.75, 3.05) is 80.2 Å². The quantitative estimate of drug-likeness (QED) is 0.729. The van der Waals surface area contributed by atoms with Crippen LogP contribution in [0.3, 0.4) is 0 Å². The summed E-state index contributed by atoms with van der Waals surface area (Å²) in [6.45, 7) is 10.2. The van der Waals surface area contributed by atoms with Crippen LogP contribution in [0.2, 0.25) is 0 Å². The van der Waals surface area contributed by atoms with E-state index >= 15 is 0 Å². The molecule has 2 rings (SSSR count). The highest BCUT2D eigenvalue weighted by Gasteiger charge is 2.27. The van der Waals surface area contributed by atoms with Gasteiger partial charge in [0.15, 0.2) is 0 Å². The molecule has 2 unspecified atom stereocenters. The third-order valence-corrected chi connectivity index (χ3v) is 4.67. The van der Waals surface area contributed by atoms with E-state index in [9.17, 15) is 0 Å². The average molecular weight is 284 g/mol.